The van der Waals surface area contributed by atoms with Crippen LogP contribution in [0.3, 0.4) is 0 Å². The van der Waals surface area contributed by atoms with Crippen molar-refractivity contribution in [1.29, 1.82) is 0 Å². The number of hydrogen-bond donors (Lipinski definition) is 1. The SMILES string of the molecule is CCn1nnc(C(=O)CN)n1. The van der Waals surface area contributed by atoms with E-state index in [9.17, 15) is 4.79 Å². The Morgan fingerprint density at radius 2 is 2.45 bits per heavy atom. The average molecular weight is 155 g/mol. The Morgan fingerprint density at radius 3 is 2.91 bits per heavy atom. The molecule has 0 aliphatic rings. The molecule has 0 unspecified atom stereocenters. The summed E-state index contributed by atoms with van der Waals surface area (Å²) in [6, 6.07) is 0. The van der Waals surface area contributed by atoms with E-state index in [1.807, 2.05) is 6.92 Å². The van der Waals surface area contributed by atoms with E-state index in [1.165, 1.54) is 4.80 Å². The van der Waals surface area contributed by atoms with Crippen LogP contribution in [0.25, 0.3) is 0 Å². The Labute approximate surface area is 63.4 Å². The van der Waals surface area contributed by atoms with Crippen molar-refractivity contribution in [2.24, 2.45) is 5.73 Å². The second kappa shape index (κ2) is 3.20. The van der Waals surface area contributed by atoms with Crippen molar-refractivity contribution in [2.75, 3.05) is 6.54 Å². The van der Waals surface area contributed by atoms with Gasteiger partial charge in [-0.2, -0.15) is 4.80 Å². The summed E-state index contributed by atoms with van der Waals surface area (Å²) in [5.74, 6) is -0.195. The van der Waals surface area contributed by atoms with Gasteiger partial charge in [-0.15, -0.1) is 10.2 Å². The number of aryl methyl sites for hydroxylation is 1. The second-order valence-electron chi connectivity index (χ2n) is 1.93. The van der Waals surface area contributed by atoms with Gasteiger partial charge in [0.15, 0.2) is 0 Å². The molecule has 6 heteroatoms. The van der Waals surface area contributed by atoms with Crippen molar-refractivity contribution in [1.82, 2.24) is 20.2 Å². The lowest BCUT2D eigenvalue weighted by atomic mass is 10.4. The van der Waals surface area contributed by atoms with Crippen molar-refractivity contribution in [3.63, 3.8) is 0 Å². The van der Waals surface area contributed by atoms with Crippen LogP contribution in [0.15, 0.2) is 0 Å². The number of Topliss-reactive ketones (excluding diaryl/α,β-unsaturated/α-hetero) is 1. The van der Waals surface area contributed by atoms with Gasteiger partial charge in [0.05, 0.1) is 13.1 Å². The monoisotopic (exact) mass is 155 g/mol. The number of tetrazole rings is 1. The zero-order valence-electron chi connectivity index (χ0n) is 6.19. The van der Waals surface area contributed by atoms with Crippen LogP contribution in [0.2, 0.25) is 0 Å². The summed E-state index contributed by atoms with van der Waals surface area (Å²) in [6.45, 7) is 2.39. The average Bonchev–Trinajstić information content (AvgIpc) is 2.50. The highest BCUT2D eigenvalue weighted by atomic mass is 16.1. The van der Waals surface area contributed by atoms with Gasteiger partial charge < -0.3 is 5.73 Å². The van der Waals surface area contributed by atoms with E-state index >= 15 is 0 Å². The van der Waals surface area contributed by atoms with E-state index in [0.29, 0.717) is 6.54 Å². The molecule has 0 spiro atoms. The van der Waals surface area contributed by atoms with Gasteiger partial charge in [0.1, 0.15) is 0 Å². The highest BCUT2D eigenvalue weighted by molar-refractivity contribution is 5.93. The van der Waals surface area contributed by atoms with Gasteiger partial charge in [-0.3, -0.25) is 4.79 Å². The molecule has 0 radical (unpaired) electrons. The van der Waals surface area contributed by atoms with Crippen molar-refractivity contribution >= 4 is 5.78 Å². The number of rotatable bonds is 3. The Bertz CT molecular complexity index is 255. The molecule has 1 rings (SSSR count). The van der Waals surface area contributed by atoms with E-state index in [4.69, 9.17) is 5.73 Å². The Hall–Kier alpha value is -1.30. The fourth-order valence-corrected chi connectivity index (χ4v) is 0.580. The Morgan fingerprint density at radius 1 is 1.73 bits per heavy atom. The lowest BCUT2D eigenvalue weighted by Gasteiger charge is -1.86. The fraction of sp³-hybridized carbons (Fsp3) is 0.600. The van der Waals surface area contributed by atoms with Crippen LogP contribution < -0.4 is 5.73 Å². The van der Waals surface area contributed by atoms with Crippen LogP contribution in [0.5, 0.6) is 0 Å². The largest absolute Gasteiger partial charge is 0.324 e. The standard InChI is InChI=1S/C5H9N5O/c1-2-10-8-5(7-9-10)4(11)3-6/h2-3,6H2,1H3. The van der Waals surface area contributed by atoms with Crippen molar-refractivity contribution in [2.45, 2.75) is 13.5 Å². The van der Waals surface area contributed by atoms with Gasteiger partial charge in [0, 0.05) is 0 Å². The van der Waals surface area contributed by atoms with E-state index in [0.717, 1.165) is 0 Å². The number of carbonyl (C=O) groups excluding carboxylic acids is 1. The minimum Gasteiger partial charge on any atom is -0.324 e. The number of aromatic nitrogens is 4. The maximum absolute atomic E-state index is 10.8. The summed E-state index contributed by atoms with van der Waals surface area (Å²) in [6.07, 6.45) is 0. The predicted octanol–water partition coefficient (Wildman–Crippen LogP) is -1.17. The molecule has 0 fully saturated rings. The minimum atomic E-state index is -0.287. The third kappa shape index (κ3) is 1.58. The zero-order valence-corrected chi connectivity index (χ0v) is 6.19. The molecule has 1 aromatic rings. The summed E-state index contributed by atoms with van der Waals surface area (Å²) in [7, 11) is 0. The van der Waals surface area contributed by atoms with Gasteiger partial charge in [-0.1, -0.05) is 0 Å². The molecule has 1 aromatic heterocycles. The molecule has 0 bridgehead atoms. The molecule has 0 aromatic carbocycles. The molecule has 0 amide bonds. The quantitative estimate of drug-likeness (QED) is 0.556. The summed E-state index contributed by atoms with van der Waals surface area (Å²) < 4.78 is 0. The summed E-state index contributed by atoms with van der Waals surface area (Å²) >= 11 is 0. The lowest BCUT2D eigenvalue weighted by molar-refractivity contribution is 0.0991. The molecular weight excluding hydrogens is 146 g/mol. The molecule has 6 nitrogen and oxygen atoms in total. The van der Waals surface area contributed by atoms with Crippen LogP contribution in [0.1, 0.15) is 17.5 Å². The highest BCUT2D eigenvalue weighted by Crippen LogP contribution is 1.86. The topological polar surface area (TPSA) is 86.7 Å². The van der Waals surface area contributed by atoms with Crippen LogP contribution >= 0.6 is 0 Å². The molecule has 2 N–H and O–H groups in total. The van der Waals surface area contributed by atoms with E-state index in [2.05, 4.69) is 15.4 Å². The molecule has 1 heterocycles. The highest BCUT2D eigenvalue weighted by Gasteiger charge is 2.08. The van der Waals surface area contributed by atoms with Gasteiger partial charge in [0.2, 0.25) is 11.6 Å². The third-order valence-corrected chi connectivity index (χ3v) is 1.17. The van der Waals surface area contributed by atoms with E-state index in [-0.39, 0.29) is 18.2 Å². The Balaban J connectivity index is 2.80. The van der Waals surface area contributed by atoms with Crippen LogP contribution in [-0.4, -0.2) is 32.5 Å². The molecule has 60 valence electrons. The number of hydrogen-bond acceptors (Lipinski definition) is 5. The maximum Gasteiger partial charge on any atom is 0.241 e. The zero-order chi connectivity index (χ0) is 8.27. The molecule has 0 aliphatic heterocycles. The molecule has 0 atom stereocenters. The third-order valence-electron chi connectivity index (χ3n) is 1.17. The summed E-state index contributed by atoms with van der Waals surface area (Å²) in [5.41, 5.74) is 5.09. The van der Waals surface area contributed by atoms with Gasteiger partial charge in [0.25, 0.3) is 0 Å². The first-order valence-corrected chi connectivity index (χ1v) is 3.29. The first-order valence-electron chi connectivity index (χ1n) is 3.29. The second-order valence-corrected chi connectivity index (χ2v) is 1.93. The van der Waals surface area contributed by atoms with E-state index < -0.39 is 0 Å². The minimum absolute atomic E-state index is 0.0740. The number of ketones is 1. The van der Waals surface area contributed by atoms with Gasteiger partial charge in [-0.05, 0) is 12.1 Å². The van der Waals surface area contributed by atoms with Gasteiger partial charge in [-0.25, -0.2) is 0 Å². The Kier molecular flexibility index (Phi) is 2.27. The van der Waals surface area contributed by atoms with E-state index in [1.54, 1.807) is 0 Å². The molecular formula is C5H9N5O. The molecule has 0 saturated heterocycles. The lowest BCUT2D eigenvalue weighted by Crippen LogP contribution is -2.15. The summed E-state index contributed by atoms with van der Waals surface area (Å²) in [5, 5.41) is 10.9. The smallest absolute Gasteiger partial charge is 0.241 e. The molecule has 0 saturated carbocycles. The first-order chi connectivity index (χ1) is 5.27. The van der Waals surface area contributed by atoms with Crippen molar-refractivity contribution in [3.05, 3.63) is 5.82 Å². The number of nitrogens with two attached hydrogens (primary N) is 1. The van der Waals surface area contributed by atoms with Crippen LogP contribution in [0, 0.1) is 0 Å². The van der Waals surface area contributed by atoms with Crippen molar-refractivity contribution in [3.8, 4) is 0 Å². The van der Waals surface area contributed by atoms with Crippen LogP contribution in [-0.2, 0) is 6.54 Å². The number of carbonyl (C=O) groups is 1. The fourth-order valence-electron chi connectivity index (χ4n) is 0.580. The molecule has 0 aliphatic carbocycles. The normalized spacial score (nSPS) is 10.0. The number of nitrogens with zero attached hydrogens (tertiary/aromatic N) is 4. The van der Waals surface area contributed by atoms with Gasteiger partial charge >= 0.3 is 0 Å². The van der Waals surface area contributed by atoms with Crippen LogP contribution in [0.4, 0.5) is 0 Å². The maximum atomic E-state index is 10.8. The predicted molar refractivity (Wildman–Crippen MR) is 36.9 cm³/mol. The first kappa shape index (κ1) is 7.80. The molecule has 11 heavy (non-hydrogen) atoms. The van der Waals surface area contributed by atoms with Crippen molar-refractivity contribution < 1.29 is 4.79 Å². The summed E-state index contributed by atoms with van der Waals surface area (Å²) in [4.78, 5) is 12.2.